The highest BCUT2D eigenvalue weighted by atomic mass is 32.2. The van der Waals surface area contributed by atoms with Gasteiger partial charge in [0.1, 0.15) is 0 Å². The van der Waals surface area contributed by atoms with Crippen molar-refractivity contribution in [3.63, 3.8) is 0 Å². The average molecular weight is 255 g/mol. The minimum absolute atomic E-state index is 0.216. The molecule has 0 radical (unpaired) electrons. The maximum absolute atomic E-state index is 10.9. The molecule has 0 aromatic heterocycles. The van der Waals surface area contributed by atoms with Gasteiger partial charge in [-0.25, -0.2) is 0 Å². The predicted molar refractivity (Wildman–Crippen MR) is 67.9 cm³/mol. The maximum Gasteiger partial charge on any atom is 0.231 e. The summed E-state index contributed by atoms with van der Waals surface area (Å²) < 4.78 is 21.5. The molecule has 2 rings (SSSR count). The Balaban J connectivity index is 1.95. The molecule has 17 heavy (non-hydrogen) atoms. The van der Waals surface area contributed by atoms with Crippen LogP contribution in [0.3, 0.4) is 0 Å². The van der Waals surface area contributed by atoms with Gasteiger partial charge in [0, 0.05) is 35.4 Å². The third-order valence-electron chi connectivity index (χ3n) is 2.74. The lowest BCUT2D eigenvalue weighted by molar-refractivity contribution is 0.174. The van der Waals surface area contributed by atoms with Crippen molar-refractivity contribution >= 4 is 10.8 Å². The lowest BCUT2D eigenvalue weighted by Crippen LogP contribution is -2.23. The highest BCUT2D eigenvalue weighted by Crippen LogP contribution is 2.33. The first-order chi connectivity index (χ1) is 8.16. The number of ether oxygens (including phenoxy) is 2. The predicted octanol–water partition coefficient (Wildman–Crippen LogP) is 1.44. The summed E-state index contributed by atoms with van der Waals surface area (Å²) in [5.74, 6) is 2.28. The first-order valence-electron chi connectivity index (χ1n) is 5.60. The Morgan fingerprint density at radius 1 is 1.41 bits per heavy atom. The van der Waals surface area contributed by atoms with Crippen LogP contribution >= 0.6 is 0 Å². The molecule has 0 saturated carbocycles. The largest absolute Gasteiger partial charge is 0.454 e. The van der Waals surface area contributed by atoms with Gasteiger partial charge in [0.25, 0.3) is 0 Å². The Morgan fingerprint density at radius 2 is 2.18 bits per heavy atom. The number of rotatable bonds is 5. The van der Waals surface area contributed by atoms with Gasteiger partial charge < -0.3 is 14.8 Å². The molecule has 1 aliphatic heterocycles. The molecular weight excluding hydrogens is 238 g/mol. The first kappa shape index (κ1) is 12.4. The summed E-state index contributed by atoms with van der Waals surface area (Å²) in [6, 6.07) is 6.15. The third kappa shape index (κ3) is 3.20. The van der Waals surface area contributed by atoms with E-state index in [2.05, 4.69) is 12.2 Å². The molecule has 2 unspecified atom stereocenters. The molecule has 1 heterocycles. The second kappa shape index (κ2) is 5.51. The number of benzene rings is 1. The SMILES string of the molecule is CC(NCCS(C)=O)c1ccc2c(c1)OCO2. The van der Waals surface area contributed by atoms with Gasteiger partial charge in [0.05, 0.1) is 0 Å². The third-order valence-corrected chi connectivity index (χ3v) is 3.52. The van der Waals surface area contributed by atoms with Gasteiger partial charge in [-0.05, 0) is 24.6 Å². The van der Waals surface area contributed by atoms with Gasteiger partial charge in [0.15, 0.2) is 11.5 Å². The molecule has 1 aliphatic rings. The Morgan fingerprint density at radius 3 is 2.94 bits per heavy atom. The van der Waals surface area contributed by atoms with Crippen LogP contribution in [0, 0.1) is 0 Å². The van der Waals surface area contributed by atoms with Gasteiger partial charge in [0.2, 0.25) is 6.79 Å². The van der Waals surface area contributed by atoms with Crippen LogP contribution in [-0.2, 0) is 10.8 Å². The molecular formula is C12H17NO3S. The fraction of sp³-hybridized carbons (Fsp3) is 0.500. The van der Waals surface area contributed by atoms with Crippen LogP contribution < -0.4 is 14.8 Å². The number of fused-ring (bicyclic) bond motifs is 1. The van der Waals surface area contributed by atoms with Gasteiger partial charge >= 0.3 is 0 Å². The first-order valence-corrected chi connectivity index (χ1v) is 7.32. The molecule has 0 spiro atoms. The van der Waals surface area contributed by atoms with E-state index >= 15 is 0 Å². The molecule has 94 valence electrons. The minimum Gasteiger partial charge on any atom is -0.454 e. The quantitative estimate of drug-likeness (QED) is 0.865. The monoisotopic (exact) mass is 255 g/mol. The zero-order valence-electron chi connectivity index (χ0n) is 10.1. The second-order valence-electron chi connectivity index (χ2n) is 4.07. The van der Waals surface area contributed by atoms with Crippen molar-refractivity contribution in [3.8, 4) is 11.5 Å². The van der Waals surface area contributed by atoms with Crippen LogP contribution in [0.25, 0.3) is 0 Å². The van der Waals surface area contributed by atoms with Crippen molar-refractivity contribution in [2.24, 2.45) is 0 Å². The Labute approximate surface area is 104 Å². The van der Waals surface area contributed by atoms with E-state index in [-0.39, 0.29) is 6.04 Å². The zero-order chi connectivity index (χ0) is 12.3. The average Bonchev–Trinajstić information content (AvgIpc) is 2.75. The van der Waals surface area contributed by atoms with Crippen molar-refractivity contribution in [1.29, 1.82) is 0 Å². The highest BCUT2D eigenvalue weighted by Gasteiger charge is 2.15. The summed E-state index contributed by atoms with van der Waals surface area (Å²) in [5.41, 5.74) is 1.15. The van der Waals surface area contributed by atoms with Crippen LogP contribution in [0.1, 0.15) is 18.5 Å². The van der Waals surface area contributed by atoms with Crippen LogP contribution in [0.5, 0.6) is 11.5 Å². The van der Waals surface area contributed by atoms with Crippen molar-refractivity contribution in [3.05, 3.63) is 23.8 Å². The van der Waals surface area contributed by atoms with Crippen LogP contribution in [-0.4, -0.2) is 29.6 Å². The highest BCUT2D eigenvalue weighted by molar-refractivity contribution is 7.84. The summed E-state index contributed by atoms with van der Waals surface area (Å²) in [6.45, 7) is 3.13. The van der Waals surface area contributed by atoms with Crippen molar-refractivity contribution in [1.82, 2.24) is 5.32 Å². The van der Waals surface area contributed by atoms with Crippen molar-refractivity contribution in [2.45, 2.75) is 13.0 Å². The molecule has 0 bridgehead atoms. The molecule has 5 heteroatoms. The van der Waals surface area contributed by atoms with Gasteiger partial charge in [-0.1, -0.05) is 6.07 Å². The number of hydrogen-bond acceptors (Lipinski definition) is 4. The number of hydrogen-bond donors (Lipinski definition) is 1. The normalized spacial score (nSPS) is 16.8. The van der Waals surface area contributed by atoms with Crippen molar-refractivity contribution < 1.29 is 13.7 Å². The van der Waals surface area contributed by atoms with Crippen LogP contribution in [0.15, 0.2) is 18.2 Å². The standard InChI is InChI=1S/C12H17NO3S/c1-9(13-5-6-17(2)14)10-3-4-11-12(7-10)16-8-15-11/h3-4,7,9,13H,5-6,8H2,1-2H3. The van der Waals surface area contributed by atoms with Crippen LogP contribution in [0.4, 0.5) is 0 Å². The topological polar surface area (TPSA) is 47.6 Å². The summed E-state index contributed by atoms with van der Waals surface area (Å²) >= 11 is 0. The molecule has 0 amide bonds. The van der Waals surface area contributed by atoms with E-state index in [0.29, 0.717) is 12.5 Å². The minimum atomic E-state index is -0.745. The summed E-state index contributed by atoms with van der Waals surface area (Å²) in [4.78, 5) is 0. The molecule has 4 nitrogen and oxygen atoms in total. The van der Waals surface area contributed by atoms with Crippen LogP contribution in [0.2, 0.25) is 0 Å². The van der Waals surface area contributed by atoms with E-state index < -0.39 is 10.8 Å². The van der Waals surface area contributed by atoms with E-state index in [1.54, 1.807) is 6.26 Å². The molecule has 0 aliphatic carbocycles. The Kier molecular flexibility index (Phi) is 4.02. The van der Waals surface area contributed by atoms with Gasteiger partial charge in [-0.2, -0.15) is 0 Å². The van der Waals surface area contributed by atoms with Gasteiger partial charge in [-0.15, -0.1) is 0 Å². The second-order valence-corrected chi connectivity index (χ2v) is 5.62. The fourth-order valence-electron chi connectivity index (χ4n) is 1.72. The van der Waals surface area contributed by atoms with E-state index in [1.165, 1.54) is 0 Å². The number of nitrogens with one attached hydrogen (secondary N) is 1. The van der Waals surface area contributed by atoms with E-state index in [4.69, 9.17) is 9.47 Å². The molecule has 0 fully saturated rings. The van der Waals surface area contributed by atoms with E-state index in [0.717, 1.165) is 23.6 Å². The Bertz CT molecular complexity index is 422. The molecule has 1 aromatic rings. The molecule has 1 N–H and O–H groups in total. The summed E-state index contributed by atoms with van der Waals surface area (Å²) in [5, 5.41) is 3.33. The molecule has 2 atom stereocenters. The van der Waals surface area contributed by atoms with E-state index in [1.807, 2.05) is 18.2 Å². The lowest BCUT2D eigenvalue weighted by Gasteiger charge is -2.14. The van der Waals surface area contributed by atoms with Crippen molar-refractivity contribution in [2.75, 3.05) is 25.3 Å². The fourth-order valence-corrected chi connectivity index (χ4v) is 2.12. The molecule has 1 aromatic carbocycles. The lowest BCUT2D eigenvalue weighted by atomic mass is 10.1. The van der Waals surface area contributed by atoms with Gasteiger partial charge in [-0.3, -0.25) is 4.21 Å². The smallest absolute Gasteiger partial charge is 0.231 e. The summed E-state index contributed by atoms with van der Waals surface area (Å²) in [6.07, 6.45) is 1.72. The Hall–Kier alpha value is -1.07. The summed E-state index contributed by atoms with van der Waals surface area (Å²) in [7, 11) is -0.745. The zero-order valence-corrected chi connectivity index (χ0v) is 10.9. The van der Waals surface area contributed by atoms with E-state index in [9.17, 15) is 4.21 Å². The maximum atomic E-state index is 10.9. The molecule has 0 saturated heterocycles.